The molecule has 11 heteroatoms. The van der Waals surface area contributed by atoms with Gasteiger partial charge in [0, 0.05) is 6.20 Å². The summed E-state index contributed by atoms with van der Waals surface area (Å²) in [6.45, 7) is 3.58. The Morgan fingerprint density at radius 3 is 2.53 bits per heavy atom. The molecule has 1 aliphatic rings. The average Bonchev–Trinajstić information content (AvgIpc) is 3.08. The molecular formula is C23H19F3N4O3S. The van der Waals surface area contributed by atoms with Crippen LogP contribution in [-0.4, -0.2) is 24.1 Å². The third kappa shape index (κ3) is 5.52. The van der Waals surface area contributed by atoms with E-state index in [2.05, 4.69) is 28.9 Å². The number of hydrogen-bond donors (Lipinski definition) is 2. The predicted molar refractivity (Wildman–Crippen MR) is 125 cm³/mol. The number of benzene rings is 1. The van der Waals surface area contributed by atoms with Crippen LogP contribution in [-0.2, 0) is 4.74 Å². The Labute approximate surface area is 198 Å². The van der Waals surface area contributed by atoms with Crippen LogP contribution in [0.15, 0.2) is 53.2 Å². The van der Waals surface area contributed by atoms with Gasteiger partial charge in [-0.25, -0.2) is 18.0 Å². The molecule has 2 N–H and O–H groups in total. The minimum Gasteiger partial charge on any atom is -0.411 e. The van der Waals surface area contributed by atoms with Gasteiger partial charge in [-0.2, -0.15) is 5.26 Å². The minimum atomic E-state index is -2.86. The number of carbonyl (C=O) groups is 1. The van der Waals surface area contributed by atoms with Crippen molar-refractivity contribution in [3.8, 4) is 6.07 Å². The molecule has 1 aliphatic heterocycles. The lowest BCUT2D eigenvalue weighted by Crippen LogP contribution is -2.24. The summed E-state index contributed by atoms with van der Waals surface area (Å²) in [7, 11) is 0. The van der Waals surface area contributed by atoms with Gasteiger partial charge in [0.1, 0.15) is 16.6 Å². The Kier molecular flexibility index (Phi) is 7.53. The zero-order chi connectivity index (χ0) is 25.0. The van der Waals surface area contributed by atoms with Crippen molar-refractivity contribution < 1.29 is 22.7 Å². The predicted octanol–water partition coefficient (Wildman–Crippen LogP) is 4.90. The summed E-state index contributed by atoms with van der Waals surface area (Å²) >= 11 is 4.44. The van der Waals surface area contributed by atoms with Gasteiger partial charge < -0.3 is 15.4 Å². The minimum absolute atomic E-state index is 0.0241. The highest BCUT2D eigenvalue weighted by molar-refractivity contribution is 7.80. The third-order valence-corrected chi connectivity index (χ3v) is 5.18. The average molecular weight is 488 g/mol. The molecule has 1 heterocycles. The molecule has 0 unspecified atom stereocenters. The standard InChI is InChI=1S/C23H19F3N4O3S/c1-12(2)16-8-20(31)19(5-3-13(16)9-27)29-18-6-4-14(7-17(18)24)30-11-15(33-23(30)32)10-28-22(34)21(25)26/h3-8,10,12,21H,11H2,1-2H3,(H,28,34)(H,29,31)/b15-10-. The lowest BCUT2D eigenvalue weighted by molar-refractivity contribution is 0.198. The first-order valence-corrected chi connectivity index (χ1v) is 10.4. The molecule has 3 rings (SSSR count). The SMILES string of the molecule is CC(C)c1cc(=O)c(Nc2ccc(N3C/C(=C/NC(=S)C(F)F)OC3=O)cc2F)ccc1C#N. The summed E-state index contributed by atoms with van der Waals surface area (Å²) in [5, 5.41) is 14.2. The topological polar surface area (TPSA) is 94.5 Å². The first-order valence-electron chi connectivity index (χ1n) is 10.0. The Morgan fingerprint density at radius 2 is 1.91 bits per heavy atom. The van der Waals surface area contributed by atoms with Crippen LogP contribution in [0.3, 0.4) is 0 Å². The molecule has 2 aromatic rings. The number of amides is 1. The molecule has 0 atom stereocenters. The molecule has 7 nitrogen and oxygen atoms in total. The first kappa shape index (κ1) is 24.7. The van der Waals surface area contributed by atoms with Crippen molar-refractivity contribution in [3.05, 3.63) is 75.5 Å². The molecule has 34 heavy (non-hydrogen) atoms. The number of rotatable bonds is 6. The molecular weight excluding hydrogens is 469 g/mol. The third-order valence-electron chi connectivity index (χ3n) is 4.88. The number of nitrogens with one attached hydrogen (secondary N) is 2. The normalized spacial score (nSPS) is 14.4. The second-order valence-electron chi connectivity index (χ2n) is 7.55. The fourth-order valence-electron chi connectivity index (χ4n) is 3.15. The van der Waals surface area contributed by atoms with Crippen molar-refractivity contribution in [1.82, 2.24) is 5.32 Å². The Balaban J connectivity index is 1.82. The summed E-state index contributed by atoms with van der Waals surface area (Å²) in [6.07, 6.45) is -2.64. The van der Waals surface area contributed by atoms with E-state index in [9.17, 15) is 28.0 Å². The molecule has 0 saturated carbocycles. The van der Waals surface area contributed by atoms with Crippen LogP contribution in [0.2, 0.25) is 0 Å². The quantitative estimate of drug-likeness (QED) is 0.559. The Bertz CT molecular complexity index is 1280. The number of halogens is 3. The largest absolute Gasteiger partial charge is 0.419 e. The molecule has 2 aromatic carbocycles. The molecule has 0 aliphatic carbocycles. The second kappa shape index (κ2) is 10.4. The van der Waals surface area contributed by atoms with Crippen LogP contribution in [0.25, 0.3) is 0 Å². The zero-order valence-electron chi connectivity index (χ0n) is 18.1. The van der Waals surface area contributed by atoms with E-state index in [4.69, 9.17) is 4.74 Å². The number of anilines is 3. The number of hydrogen-bond acceptors (Lipinski definition) is 6. The van der Waals surface area contributed by atoms with Gasteiger partial charge in [0.2, 0.25) is 5.43 Å². The van der Waals surface area contributed by atoms with Crippen LogP contribution in [0.5, 0.6) is 0 Å². The van der Waals surface area contributed by atoms with Crippen LogP contribution >= 0.6 is 12.2 Å². The van der Waals surface area contributed by atoms with E-state index in [0.29, 0.717) is 11.1 Å². The number of alkyl halides is 2. The van der Waals surface area contributed by atoms with Crippen molar-refractivity contribution >= 4 is 40.4 Å². The van der Waals surface area contributed by atoms with E-state index < -0.39 is 28.8 Å². The van der Waals surface area contributed by atoms with E-state index in [-0.39, 0.29) is 35.3 Å². The highest BCUT2D eigenvalue weighted by Crippen LogP contribution is 2.28. The van der Waals surface area contributed by atoms with Crippen LogP contribution < -0.4 is 21.0 Å². The first-order chi connectivity index (χ1) is 16.1. The summed E-state index contributed by atoms with van der Waals surface area (Å²) in [4.78, 5) is 25.1. The lowest BCUT2D eigenvalue weighted by Gasteiger charge is -2.14. The van der Waals surface area contributed by atoms with Crippen LogP contribution in [0, 0.1) is 17.1 Å². The van der Waals surface area contributed by atoms with Crippen molar-refractivity contribution in [3.63, 3.8) is 0 Å². The van der Waals surface area contributed by atoms with Gasteiger partial charge >= 0.3 is 6.09 Å². The second-order valence-corrected chi connectivity index (χ2v) is 7.99. The maximum atomic E-state index is 14.8. The fraction of sp³-hybridized carbons (Fsp3) is 0.217. The zero-order valence-corrected chi connectivity index (χ0v) is 18.9. The van der Waals surface area contributed by atoms with Gasteiger partial charge in [-0.3, -0.25) is 9.69 Å². The molecule has 0 radical (unpaired) electrons. The monoisotopic (exact) mass is 488 g/mol. The molecule has 1 saturated heterocycles. The van der Waals surface area contributed by atoms with Crippen molar-refractivity contribution in [2.45, 2.75) is 26.2 Å². The Morgan fingerprint density at radius 1 is 1.21 bits per heavy atom. The summed E-state index contributed by atoms with van der Waals surface area (Å²) in [5.41, 5.74) is 0.710. The molecule has 0 aromatic heterocycles. The molecule has 176 valence electrons. The number of nitriles is 1. The highest BCUT2D eigenvalue weighted by Gasteiger charge is 2.29. The number of cyclic esters (lactones) is 1. The maximum Gasteiger partial charge on any atom is 0.419 e. The number of carbonyl (C=O) groups excluding carboxylic acids is 1. The van der Waals surface area contributed by atoms with Crippen molar-refractivity contribution in [2.75, 3.05) is 16.8 Å². The molecule has 1 amide bonds. The van der Waals surface area contributed by atoms with Gasteiger partial charge in [0.05, 0.1) is 35.2 Å². The van der Waals surface area contributed by atoms with E-state index >= 15 is 0 Å². The lowest BCUT2D eigenvalue weighted by atomic mass is 10.0. The maximum absolute atomic E-state index is 14.8. The van der Waals surface area contributed by atoms with E-state index in [1.165, 1.54) is 30.3 Å². The van der Waals surface area contributed by atoms with E-state index in [1.54, 1.807) is 0 Å². The molecule has 0 bridgehead atoms. The smallest absolute Gasteiger partial charge is 0.411 e. The van der Waals surface area contributed by atoms with Crippen molar-refractivity contribution in [1.29, 1.82) is 5.26 Å². The summed E-state index contributed by atoms with van der Waals surface area (Å²) in [5.74, 6) is -0.785. The van der Waals surface area contributed by atoms with Gasteiger partial charge in [-0.15, -0.1) is 0 Å². The fourth-order valence-corrected chi connectivity index (χ4v) is 3.21. The molecule has 0 spiro atoms. The van der Waals surface area contributed by atoms with Gasteiger partial charge in [0.25, 0.3) is 6.43 Å². The molecule has 1 fully saturated rings. The highest BCUT2D eigenvalue weighted by atomic mass is 32.1. The number of nitrogens with zero attached hydrogens (tertiary/aromatic N) is 2. The van der Waals surface area contributed by atoms with E-state index in [0.717, 1.165) is 17.2 Å². The van der Waals surface area contributed by atoms with E-state index in [1.807, 2.05) is 13.8 Å². The number of ether oxygens (including phenoxy) is 1. The van der Waals surface area contributed by atoms with Gasteiger partial charge in [-0.05, 0) is 47.9 Å². The Hall–Kier alpha value is -3.91. The summed E-state index contributed by atoms with van der Waals surface area (Å²) in [6, 6.07) is 10.1. The summed E-state index contributed by atoms with van der Waals surface area (Å²) < 4.78 is 44.7. The van der Waals surface area contributed by atoms with Crippen LogP contribution in [0.4, 0.5) is 35.0 Å². The van der Waals surface area contributed by atoms with Gasteiger partial charge in [-0.1, -0.05) is 26.1 Å². The van der Waals surface area contributed by atoms with Gasteiger partial charge in [0.15, 0.2) is 0 Å². The number of thiocarbonyl (C=S) groups is 1. The van der Waals surface area contributed by atoms with Crippen LogP contribution in [0.1, 0.15) is 30.9 Å². The van der Waals surface area contributed by atoms with Crippen molar-refractivity contribution in [2.24, 2.45) is 0 Å².